The maximum atomic E-state index is 12.3. The zero-order chi connectivity index (χ0) is 23.8. The number of hydrogen-bond acceptors (Lipinski definition) is 3. The Kier molecular flexibility index (Phi) is 9.45. The third kappa shape index (κ3) is 8.05. The van der Waals surface area contributed by atoms with Crippen LogP contribution >= 0.6 is 11.6 Å². The topological polar surface area (TPSA) is 47.6 Å². The molecule has 0 saturated heterocycles. The lowest BCUT2D eigenvalue weighted by Gasteiger charge is -2.29. The van der Waals surface area contributed by atoms with Crippen molar-refractivity contribution >= 4 is 17.5 Å². The maximum absolute atomic E-state index is 12.3. The van der Waals surface area contributed by atoms with E-state index in [9.17, 15) is 4.79 Å². The minimum atomic E-state index is -0.253. The fourth-order valence-electron chi connectivity index (χ4n) is 3.04. The summed E-state index contributed by atoms with van der Waals surface area (Å²) < 4.78 is 12.6. The highest BCUT2D eigenvalue weighted by Crippen LogP contribution is 2.32. The number of halogens is 1. The molecule has 0 aliphatic heterocycles. The van der Waals surface area contributed by atoms with Crippen molar-refractivity contribution in [2.75, 3.05) is 6.54 Å². The Balaban J connectivity index is 1.98. The number of carbonyl (C=O) groups excluding carboxylic acids is 1. The summed E-state index contributed by atoms with van der Waals surface area (Å²) in [7, 11) is 0. The number of aryl methyl sites for hydroxylation is 1. The monoisotopic (exact) mass is 459 g/mol. The van der Waals surface area contributed by atoms with Crippen LogP contribution in [-0.2, 0) is 6.42 Å². The van der Waals surface area contributed by atoms with Crippen molar-refractivity contribution in [3.63, 3.8) is 0 Å². The van der Waals surface area contributed by atoms with E-state index < -0.39 is 0 Å². The van der Waals surface area contributed by atoms with Crippen molar-refractivity contribution < 1.29 is 14.3 Å². The van der Waals surface area contributed by atoms with Gasteiger partial charge < -0.3 is 14.8 Å². The summed E-state index contributed by atoms with van der Waals surface area (Å²) in [5, 5.41) is 3.43. The van der Waals surface area contributed by atoms with Gasteiger partial charge in [0.05, 0.1) is 10.6 Å². The van der Waals surface area contributed by atoms with Crippen LogP contribution in [0.1, 0.15) is 83.1 Å². The highest BCUT2D eigenvalue weighted by molar-refractivity contribution is 6.33. The van der Waals surface area contributed by atoms with Gasteiger partial charge in [0.2, 0.25) is 0 Å². The van der Waals surface area contributed by atoms with Gasteiger partial charge >= 0.3 is 0 Å². The molecule has 176 valence electrons. The van der Waals surface area contributed by atoms with Crippen LogP contribution in [0.3, 0.4) is 0 Å². The summed E-state index contributed by atoms with van der Waals surface area (Å²) in [6.07, 6.45) is 4.51. The predicted molar refractivity (Wildman–Crippen MR) is 133 cm³/mol. The van der Waals surface area contributed by atoms with Crippen LogP contribution in [0.2, 0.25) is 5.02 Å². The van der Waals surface area contributed by atoms with Gasteiger partial charge in [0.1, 0.15) is 22.7 Å². The zero-order valence-electron chi connectivity index (χ0n) is 20.4. The highest BCUT2D eigenvalue weighted by atomic mass is 35.5. The molecule has 32 heavy (non-hydrogen) atoms. The molecular formula is C27H38ClNO3. The normalized spacial score (nSPS) is 11.8. The van der Waals surface area contributed by atoms with E-state index in [1.807, 2.05) is 24.3 Å². The molecule has 0 heterocycles. The fourth-order valence-corrected chi connectivity index (χ4v) is 3.27. The third-order valence-corrected chi connectivity index (χ3v) is 6.13. The molecule has 5 heteroatoms. The van der Waals surface area contributed by atoms with Crippen molar-refractivity contribution in [1.82, 2.24) is 5.32 Å². The molecule has 0 unspecified atom stereocenters. The highest BCUT2D eigenvalue weighted by Gasteiger charge is 2.21. The predicted octanol–water partition coefficient (Wildman–Crippen LogP) is 7.23. The summed E-state index contributed by atoms with van der Waals surface area (Å²) in [4.78, 5) is 12.3. The number of benzene rings is 2. The molecule has 2 aromatic rings. The Bertz CT molecular complexity index is 892. The van der Waals surface area contributed by atoms with Gasteiger partial charge in [-0.15, -0.1) is 0 Å². The lowest BCUT2D eigenvalue weighted by molar-refractivity contribution is 0.0942. The first-order valence-electron chi connectivity index (χ1n) is 11.6. The molecule has 0 fully saturated rings. The van der Waals surface area contributed by atoms with Crippen molar-refractivity contribution in [3.8, 4) is 11.5 Å². The standard InChI is InChI=1S/C27H38ClNO3/c1-7-26(3,4)31-21-17-16-20(24(19-21)32-27(5,6)8-2)13-11-12-18-29-25(30)22-14-9-10-15-23(22)28/h9-10,14-17,19H,7-8,11-13,18H2,1-6H3,(H,29,30). The number of amides is 1. The van der Waals surface area contributed by atoms with E-state index in [0.717, 1.165) is 49.2 Å². The van der Waals surface area contributed by atoms with E-state index in [1.165, 1.54) is 0 Å². The van der Waals surface area contributed by atoms with Gasteiger partial charge in [-0.1, -0.05) is 43.6 Å². The van der Waals surface area contributed by atoms with E-state index in [1.54, 1.807) is 12.1 Å². The molecule has 0 saturated carbocycles. The van der Waals surface area contributed by atoms with Crippen LogP contribution in [0.4, 0.5) is 0 Å². The number of carbonyl (C=O) groups is 1. The van der Waals surface area contributed by atoms with Crippen LogP contribution in [-0.4, -0.2) is 23.7 Å². The molecular weight excluding hydrogens is 422 g/mol. The molecule has 0 spiro atoms. The third-order valence-electron chi connectivity index (χ3n) is 5.80. The fraction of sp³-hybridized carbons (Fsp3) is 0.519. The minimum absolute atomic E-state index is 0.135. The SMILES string of the molecule is CCC(C)(C)Oc1ccc(CCCCNC(=O)c2ccccc2Cl)c(OC(C)(C)CC)c1. The Hall–Kier alpha value is -2.20. The smallest absolute Gasteiger partial charge is 0.252 e. The average Bonchev–Trinajstić information content (AvgIpc) is 2.74. The second kappa shape index (κ2) is 11.6. The molecule has 0 atom stereocenters. The number of hydrogen-bond donors (Lipinski definition) is 1. The van der Waals surface area contributed by atoms with Gasteiger partial charge in [0, 0.05) is 12.6 Å². The molecule has 0 aromatic heterocycles. The quantitative estimate of drug-likeness (QED) is 0.340. The van der Waals surface area contributed by atoms with Crippen molar-refractivity contribution in [2.24, 2.45) is 0 Å². The van der Waals surface area contributed by atoms with E-state index in [0.29, 0.717) is 17.1 Å². The molecule has 1 amide bonds. The first kappa shape index (κ1) is 26.1. The molecule has 2 rings (SSSR count). The second-order valence-electron chi connectivity index (χ2n) is 9.39. The van der Waals surface area contributed by atoms with E-state index in [-0.39, 0.29) is 17.1 Å². The molecule has 0 bridgehead atoms. The Morgan fingerprint density at radius 1 is 0.938 bits per heavy atom. The van der Waals surface area contributed by atoms with Gasteiger partial charge in [0.15, 0.2) is 0 Å². The number of ether oxygens (including phenoxy) is 2. The molecule has 0 aliphatic carbocycles. The maximum Gasteiger partial charge on any atom is 0.252 e. The summed E-state index contributed by atoms with van der Waals surface area (Å²) in [5.74, 6) is 1.57. The summed E-state index contributed by atoms with van der Waals surface area (Å²) in [6, 6.07) is 13.2. The van der Waals surface area contributed by atoms with E-state index in [4.69, 9.17) is 21.1 Å². The molecule has 0 aliphatic rings. The van der Waals surface area contributed by atoms with Gasteiger partial charge in [-0.3, -0.25) is 4.79 Å². The van der Waals surface area contributed by atoms with Crippen molar-refractivity contribution in [3.05, 3.63) is 58.6 Å². The first-order chi connectivity index (χ1) is 15.1. The van der Waals surface area contributed by atoms with E-state index >= 15 is 0 Å². The van der Waals surface area contributed by atoms with Crippen LogP contribution in [0.25, 0.3) is 0 Å². The largest absolute Gasteiger partial charge is 0.488 e. The number of nitrogens with one attached hydrogen (secondary N) is 1. The van der Waals surface area contributed by atoms with Crippen LogP contribution in [0, 0.1) is 0 Å². The lowest BCUT2D eigenvalue weighted by Crippen LogP contribution is -2.28. The van der Waals surface area contributed by atoms with Crippen molar-refractivity contribution in [2.45, 2.75) is 84.8 Å². The second-order valence-corrected chi connectivity index (χ2v) is 9.80. The Labute approximate surface area is 198 Å². The summed E-state index contributed by atoms with van der Waals surface area (Å²) in [6.45, 7) is 13.2. The molecule has 0 radical (unpaired) electrons. The number of unbranched alkanes of at least 4 members (excludes halogenated alkanes) is 1. The summed E-state index contributed by atoms with van der Waals surface area (Å²) in [5.41, 5.74) is 1.19. The molecule has 2 aromatic carbocycles. The van der Waals surface area contributed by atoms with Gasteiger partial charge in [-0.25, -0.2) is 0 Å². The first-order valence-corrected chi connectivity index (χ1v) is 12.0. The Morgan fingerprint density at radius 3 is 2.25 bits per heavy atom. The van der Waals surface area contributed by atoms with Gasteiger partial charge in [-0.05, 0) is 83.6 Å². The summed E-state index contributed by atoms with van der Waals surface area (Å²) >= 11 is 6.10. The average molecular weight is 460 g/mol. The van der Waals surface area contributed by atoms with Gasteiger partial charge in [0.25, 0.3) is 5.91 Å². The lowest BCUT2D eigenvalue weighted by atomic mass is 10.0. The van der Waals surface area contributed by atoms with Crippen LogP contribution in [0.15, 0.2) is 42.5 Å². The molecule has 1 N–H and O–H groups in total. The van der Waals surface area contributed by atoms with Crippen LogP contribution < -0.4 is 14.8 Å². The van der Waals surface area contributed by atoms with E-state index in [2.05, 4.69) is 52.9 Å². The zero-order valence-corrected chi connectivity index (χ0v) is 21.1. The van der Waals surface area contributed by atoms with Crippen LogP contribution in [0.5, 0.6) is 11.5 Å². The minimum Gasteiger partial charge on any atom is -0.488 e. The number of rotatable bonds is 12. The Morgan fingerprint density at radius 2 is 1.59 bits per heavy atom. The van der Waals surface area contributed by atoms with Gasteiger partial charge in [-0.2, -0.15) is 0 Å². The molecule has 4 nitrogen and oxygen atoms in total. The van der Waals surface area contributed by atoms with Crippen molar-refractivity contribution in [1.29, 1.82) is 0 Å².